The molecule has 1 heterocycles. The molecule has 0 saturated heterocycles. The first-order valence-corrected chi connectivity index (χ1v) is 4.33. The molecule has 0 fully saturated rings. The van der Waals surface area contributed by atoms with Crippen molar-refractivity contribution >= 4 is 22.5 Å². The zero-order valence-corrected chi connectivity index (χ0v) is 7.97. The summed E-state index contributed by atoms with van der Waals surface area (Å²) < 4.78 is 1.06. The molecule has 1 N–H and O–H groups in total. The lowest BCUT2D eigenvalue weighted by molar-refractivity contribution is 0.0933. The van der Waals surface area contributed by atoms with Crippen LogP contribution in [0, 0.1) is 4.91 Å². The lowest BCUT2D eigenvalue weighted by atomic mass is 10.2. The second-order valence-corrected chi connectivity index (χ2v) is 3.14. The van der Waals surface area contributed by atoms with Crippen molar-refractivity contribution in [3.05, 3.63) is 29.2 Å². The molecule has 1 aromatic heterocycles. The molecule has 0 aliphatic rings. The van der Waals surface area contributed by atoms with Crippen LogP contribution in [0.1, 0.15) is 11.7 Å². The molecule has 2 rings (SSSR count). The summed E-state index contributed by atoms with van der Waals surface area (Å²) in [5.74, 6) is -0.766. The molecule has 0 saturated carbocycles. The number of hydrogen-bond acceptors (Lipinski definition) is 4. The summed E-state index contributed by atoms with van der Waals surface area (Å²) in [7, 11) is 0. The fourth-order valence-corrected chi connectivity index (χ4v) is 1.62. The van der Waals surface area contributed by atoms with Crippen molar-refractivity contribution in [1.29, 1.82) is 0 Å². The number of carbonyl (C=O) groups excluding carboxylic acids is 1. The SMILES string of the molecule is CC(=O)n1c(O)c(N=O)c2ccccc21. The van der Waals surface area contributed by atoms with E-state index in [1.54, 1.807) is 24.3 Å². The maximum absolute atomic E-state index is 11.3. The summed E-state index contributed by atoms with van der Waals surface area (Å²) in [6, 6.07) is 6.70. The zero-order valence-electron chi connectivity index (χ0n) is 7.97. The fraction of sp³-hybridized carbons (Fsp3) is 0.100. The number of nitroso groups, excluding NO2 is 1. The van der Waals surface area contributed by atoms with E-state index in [0.29, 0.717) is 10.9 Å². The van der Waals surface area contributed by atoms with Gasteiger partial charge < -0.3 is 5.11 Å². The van der Waals surface area contributed by atoms with Crippen LogP contribution >= 0.6 is 0 Å². The maximum atomic E-state index is 11.3. The highest BCUT2D eigenvalue weighted by molar-refractivity contribution is 6.01. The third-order valence-corrected chi connectivity index (χ3v) is 2.23. The Bertz CT molecular complexity index is 557. The van der Waals surface area contributed by atoms with Crippen molar-refractivity contribution in [3.63, 3.8) is 0 Å². The van der Waals surface area contributed by atoms with Crippen LogP contribution in [0.25, 0.3) is 10.9 Å². The lowest BCUT2D eigenvalue weighted by Gasteiger charge is -1.99. The minimum absolute atomic E-state index is 0.0965. The van der Waals surface area contributed by atoms with Gasteiger partial charge in [0.2, 0.25) is 11.8 Å². The van der Waals surface area contributed by atoms with Crippen molar-refractivity contribution in [2.24, 2.45) is 5.18 Å². The predicted molar refractivity (Wildman–Crippen MR) is 55.4 cm³/mol. The second-order valence-electron chi connectivity index (χ2n) is 3.14. The first-order valence-electron chi connectivity index (χ1n) is 4.33. The van der Waals surface area contributed by atoms with Gasteiger partial charge in [0.1, 0.15) is 0 Å². The molecule has 5 nitrogen and oxygen atoms in total. The summed E-state index contributed by atoms with van der Waals surface area (Å²) in [4.78, 5) is 21.8. The van der Waals surface area contributed by atoms with E-state index in [0.717, 1.165) is 4.57 Å². The summed E-state index contributed by atoms with van der Waals surface area (Å²) in [6.45, 7) is 1.31. The molecule has 0 aliphatic heterocycles. The van der Waals surface area contributed by atoms with Crippen molar-refractivity contribution in [2.45, 2.75) is 6.92 Å². The van der Waals surface area contributed by atoms with Gasteiger partial charge in [-0.05, 0) is 11.2 Å². The van der Waals surface area contributed by atoms with Crippen molar-refractivity contribution < 1.29 is 9.90 Å². The molecule has 0 unspecified atom stereocenters. The standard InChI is InChI=1S/C10H8N2O3/c1-6(13)12-8-5-3-2-4-7(8)9(11-15)10(12)14/h2-5,14H,1H3. The van der Waals surface area contributed by atoms with E-state index in [1.165, 1.54) is 6.92 Å². The molecular weight excluding hydrogens is 196 g/mol. The smallest absolute Gasteiger partial charge is 0.230 e. The number of rotatable bonds is 1. The van der Waals surface area contributed by atoms with Crippen LogP contribution in [0.15, 0.2) is 29.4 Å². The van der Waals surface area contributed by atoms with Crippen molar-refractivity contribution in [1.82, 2.24) is 4.57 Å². The van der Waals surface area contributed by atoms with Gasteiger partial charge in [0.05, 0.1) is 5.52 Å². The largest absolute Gasteiger partial charge is 0.493 e. The number of para-hydroxylation sites is 1. The minimum Gasteiger partial charge on any atom is -0.493 e. The predicted octanol–water partition coefficient (Wildman–Crippen LogP) is 2.40. The Balaban J connectivity index is 2.97. The van der Waals surface area contributed by atoms with Gasteiger partial charge in [0.15, 0.2) is 5.69 Å². The number of fused-ring (bicyclic) bond motifs is 1. The molecule has 1 aromatic carbocycles. The van der Waals surface area contributed by atoms with Crippen LogP contribution in [0.4, 0.5) is 5.69 Å². The van der Waals surface area contributed by atoms with Crippen LogP contribution in [-0.4, -0.2) is 15.6 Å². The Kier molecular flexibility index (Phi) is 2.00. The Morgan fingerprint density at radius 2 is 2.07 bits per heavy atom. The molecular formula is C10H8N2O3. The van der Waals surface area contributed by atoms with Crippen molar-refractivity contribution in [2.75, 3.05) is 0 Å². The zero-order chi connectivity index (χ0) is 11.0. The lowest BCUT2D eigenvalue weighted by Crippen LogP contribution is -2.03. The first kappa shape index (κ1) is 9.39. The van der Waals surface area contributed by atoms with E-state index in [2.05, 4.69) is 5.18 Å². The van der Waals surface area contributed by atoms with Crippen LogP contribution < -0.4 is 0 Å². The first-order chi connectivity index (χ1) is 7.16. The van der Waals surface area contributed by atoms with E-state index in [4.69, 9.17) is 0 Å². The van der Waals surface area contributed by atoms with Gasteiger partial charge in [0.25, 0.3) is 0 Å². The number of aromatic hydroxyl groups is 1. The molecule has 5 heteroatoms. The van der Waals surface area contributed by atoms with Gasteiger partial charge in [-0.15, -0.1) is 4.91 Å². The molecule has 0 radical (unpaired) electrons. The average molecular weight is 204 g/mol. The normalized spacial score (nSPS) is 10.5. The monoisotopic (exact) mass is 204 g/mol. The van der Waals surface area contributed by atoms with E-state index in [1.807, 2.05) is 0 Å². The van der Waals surface area contributed by atoms with E-state index >= 15 is 0 Å². The summed E-state index contributed by atoms with van der Waals surface area (Å²) >= 11 is 0. The summed E-state index contributed by atoms with van der Waals surface area (Å²) in [5, 5.41) is 12.8. The Labute approximate surface area is 84.9 Å². The van der Waals surface area contributed by atoms with E-state index in [9.17, 15) is 14.8 Å². The Morgan fingerprint density at radius 1 is 1.40 bits per heavy atom. The van der Waals surface area contributed by atoms with E-state index in [-0.39, 0.29) is 11.6 Å². The molecule has 0 amide bonds. The molecule has 15 heavy (non-hydrogen) atoms. The summed E-state index contributed by atoms with van der Waals surface area (Å²) in [5.41, 5.74) is 0.387. The number of nitrogens with zero attached hydrogens (tertiary/aromatic N) is 2. The van der Waals surface area contributed by atoms with Gasteiger partial charge in [0, 0.05) is 12.3 Å². The highest BCUT2D eigenvalue weighted by atomic mass is 16.3. The number of carbonyl (C=O) groups is 1. The Morgan fingerprint density at radius 3 is 2.67 bits per heavy atom. The third kappa shape index (κ3) is 1.20. The van der Waals surface area contributed by atoms with Crippen LogP contribution in [-0.2, 0) is 0 Å². The number of aromatic nitrogens is 1. The van der Waals surface area contributed by atoms with Gasteiger partial charge >= 0.3 is 0 Å². The van der Waals surface area contributed by atoms with Crippen molar-refractivity contribution in [3.8, 4) is 5.88 Å². The van der Waals surface area contributed by atoms with Crippen LogP contribution in [0.5, 0.6) is 5.88 Å². The Hall–Kier alpha value is -2.17. The highest BCUT2D eigenvalue weighted by Crippen LogP contribution is 2.37. The van der Waals surface area contributed by atoms with Gasteiger partial charge in [-0.3, -0.25) is 4.79 Å². The summed E-state index contributed by atoms with van der Waals surface area (Å²) in [6.07, 6.45) is 0. The highest BCUT2D eigenvalue weighted by Gasteiger charge is 2.18. The fourth-order valence-electron chi connectivity index (χ4n) is 1.62. The maximum Gasteiger partial charge on any atom is 0.230 e. The minimum atomic E-state index is -0.404. The second kappa shape index (κ2) is 3.20. The molecule has 76 valence electrons. The third-order valence-electron chi connectivity index (χ3n) is 2.23. The number of benzene rings is 1. The van der Waals surface area contributed by atoms with Gasteiger partial charge in [-0.25, -0.2) is 4.57 Å². The van der Waals surface area contributed by atoms with Gasteiger partial charge in [-0.2, -0.15) is 0 Å². The molecule has 2 aromatic rings. The molecule has 0 aliphatic carbocycles. The molecule has 0 bridgehead atoms. The molecule has 0 spiro atoms. The van der Waals surface area contributed by atoms with Crippen LogP contribution in [0.3, 0.4) is 0 Å². The van der Waals surface area contributed by atoms with Gasteiger partial charge in [-0.1, -0.05) is 18.2 Å². The topological polar surface area (TPSA) is 71.7 Å². The van der Waals surface area contributed by atoms with Crippen LogP contribution in [0.2, 0.25) is 0 Å². The van der Waals surface area contributed by atoms with E-state index < -0.39 is 5.88 Å². The average Bonchev–Trinajstić information content (AvgIpc) is 2.49. The molecule has 0 atom stereocenters. The number of hydrogen-bond donors (Lipinski definition) is 1. The quantitative estimate of drug-likeness (QED) is 0.725.